The molecule has 0 bridgehead atoms. The number of hydrogen-bond donors (Lipinski definition) is 0. The third-order valence-corrected chi connectivity index (χ3v) is 2.30. The predicted octanol–water partition coefficient (Wildman–Crippen LogP) is -3.52. The zero-order chi connectivity index (χ0) is 6.10. The van der Waals surface area contributed by atoms with E-state index < -0.39 is 0 Å². The van der Waals surface area contributed by atoms with Gasteiger partial charge in [0.15, 0.2) is 0 Å². The summed E-state index contributed by atoms with van der Waals surface area (Å²) in [5.74, 6) is 0.884. The van der Waals surface area contributed by atoms with Crippen molar-refractivity contribution in [1.29, 1.82) is 0 Å². The third-order valence-electron chi connectivity index (χ3n) is 2.30. The average molecular weight is 281 g/mol. The van der Waals surface area contributed by atoms with Crippen LogP contribution >= 0.6 is 0 Å². The zero-order valence-corrected chi connectivity index (χ0v) is 10.8. The van der Waals surface area contributed by atoms with Crippen LogP contribution in [0.15, 0.2) is 17.7 Å². The van der Waals surface area contributed by atoms with E-state index in [0.29, 0.717) is 0 Å². The minimum atomic E-state index is 0. The second kappa shape index (κ2) is 7.36. The van der Waals surface area contributed by atoms with Crippen LogP contribution in [0.5, 0.6) is 0 Å². The second-order valence-electron chi connectivity index (χ2n) is 2.90. The molecule has 1 fully saturated rings. The number of rotatable bonds is 0. The van der Waals surface area contributed by atoms with Crippen LogP contribution in [0.25, 0.3) is 0 Å². The average Bonchev–Trinajstić information content (AvgIpc) is 2.33. The van der Waals surface area contributed by atoms with Gasteiger partial charge in [-0.1, -0.05) is 12.8 Å². The van der Waals surface area contributed by atoms with Crippen molar-refractivity contribution in [3.63, 3.8) is 0 Å². The summed E-state index contributed by atoms with van der Waals surface area (Å²) in [6.07, 6.45) is 13.0. The summed E-state index contributed by atoms with van der Waals surface area (Å²) in [6.45, 7) is 0. The van der Waals surface area contributed by atoms with Crippen molar-refractivity contribution in [2.75, 3.05) is 0 Å². The molecule has 2 rings (SSSR count). The maximum atomic E-state index is 3.32. The van der Waals surface area contributed by atoms with Gasteiger partial charge in [0.2, 0.25) is 0 Å². The first-order valence-corrected chi connectivity index (χ1v) is 3.74. The van der Waals surface area contributed by atoms with Crippen molar-refractivity contribution in [3.8, 4) is 0 Å². The van der Waals surface area contributed by atoms with Crippen molar-refractivity contribution in [3.05, 3.63) is 23.8 Å². The molecule has 2 aliphatic carbocycles. The van der Waals surface area contributed by atoms with Crippen LogP contribution in [-0.2, 0) is 26.2 Å². The van der Waals surface area contributed by atoms with Gasteiger partial charge in [0, 0.05) is 0 Å². The SMILES string of the molecule is [C-]1=C2CCCC2CC=C1.[Cl-].[Cl-].[Zr+3]. The molecule has 0 heterocycles. The molecular weight excluding hydrogens is 270 g/mol. The molecule has 0 N–H and O–H groups in total. The van der Waals surface area contributed by atoms with Crippen molar-refractivity contribution < 1.29 is 51.0 Å². The van der Waals surface area contributed by atoms with E-state index in [4.69, 9.17) is 0 Å². The van der Waals surface area contributed by atoms with Crippen LogP contribution in [0.1, 0.15) is 25.7 Å². The van der Waals surface area contributed by atoms with Gasteiger partial charge in [-0.3, -0.25) is 6.08 Å². The van der Waals surface area contributed by atoms with Crippen LogP contribution in [-0.4, -0.2) is 0 Å². The third kappa shape index (κ3) is 3.36. The Bertz CT molecular complexity index is 175. The fourth-order valence-electron chi connectivity index (χ4n) is 1.77. The van der Waals surface area contributed by atoms with Gasteiger partial charge >= 0.3 is 26.2 Å². The molecule has 12 heavy (non-hydrogen) atoms. The van der Waals surface area contributed by atoms with Crippen molar-refractivity contribution in [2.45, 2.75) is 25.7 Å². The molecule has 1 atom stereocenters. The van der Waals surface area contributed by atoms with Gasteiger partial charge in [-0.15, -0.1) is 0 Å². The Hall–Kier alpha value is 0.943. The van der Waals surface area contributed by atoms with Crippen LogP contribution < -0.4 is 24.8 Å². The topological polar surface area (TPSA) is 0 Å². The first kappa shape index (κ1) is 15.4. The Morgan fingerprint density at radius 3 is 2.75 bits per heavy atom. The summed E-state index contributed by atoms with van der Waals surface area (Å²) < 4.78 is 0. The van der Waals surface area contributed by atoms with Gasteiger partial charge in [-0.25, -0.2) is 12.2 Å². The Labute approximate surface area is 106 Å². The van der Waals surface area contributed by atoms with Crippen LogP contribution in [0.2, 0.25) is 0 Å². The van der Waals surface area contributed by atoms with Crippen molar-refractivity contribution in [1.82, 2.24) is 0 Å². The molecule has 0 nitrogen and oxygen atoms in total. The van der Waals surface area contributed by atoms with E-state index in [0.717, 1.165) is 5.92 Å². The van der Waals surface area contributed by atoms with E-state index in [1.165, 1.54) is 25.7 Å². The first-order chi connectivity index (χ1) is 4.47. The van der Waals surface area contributed by atoms with E-state index >= 15 is 0 Å². The Kier molecular flexibility index (Phi) is 9.45. The van der Waals surface area contributed by atoms with Gasteiger partial charge in [0.1, 0.15) is 0 Å². The molecule has 2 aliphatic rings. The molecular formula is C9H11Cl2Zr. The van der Waals surface area contributed by atoms with Crippen LogP contribution in [0, 0.1) is 12.0 Å². The summed E-state index contributed by atoms with van der Waals surface area (Å²) in [5.41, 5.74) is 1.58. The number of hydrogen-bond acceptors (Lipinski definition) is 0. The maximum Gasteiger partial charge on any atom is 3.00 e. The standard InChI is InChI=1S/C9H11.2ClH.Zr/c1-2-5-9-7-3-6-8(9)4-1;;;/h1-2,8H,3-4,6-7H2;2*1H;/q-1;;;+3/p-2. The first-order valence-electron chi connectivity index (χ1n) is 3.74. The van der Waals surface area contributed by atoms with Gasteiger partial charge < -0.3 is 24.8 Å². The Balaban J connectivity index is 0. The fourth-order valence-corrected chi connectivity index (χ4v) is 1.77. The number of halogens is 2. The molecule has 0 saturated heterocycles. The summed E-state index contributed by atoms with van der Waals surface area (Å²) in [6, 6.07) is 0. The van der Waals surface area contributed by atoms with E-state index in [9.17, 15) is 0 Å². The fraction of sp³-hybridized carbons (Fsp3) is 0.556. The molecule has 0 aliphatic heterocycles. The van der Waals surface area contributed by atoms with E-state index in [1.54, 1.807) is 5.57 Å². The summed E-state index contributed by atoms with van der Waals surface area (Å²) in [5, 5.41) is 0. The second-order valence-corrected chi connectivity index (χ2v) is 2.90. The smallest absolute Gasteiger partial charge is 1.00 e. The molecule has 65 valence electrons. The predicted molar refractivity (Wildman–Crippen MR) is 37.9 cm³/mol. The normalized spacial score (nSPS) is 24.0. The molecule has 0 aromatic heterocycles. The van der Waals surface area contributed by atoms with Crippen molar-refractivity contribution in [2.24, 2.45) is 5.92 Å². The minimum Gasteiger partial charge on any atom is -1.00 e. The Morgan fingerprint density at radius 2 is 2.08 bits per heavy atom. The van der Waals surface area contributed by atoms with E-state index in [2.05, 4.69) is 18.2 Å². The van der Waals surface area contributed by atoms with Gasteiger partial charge in [-0.05, 0) is 18.8 Å². The number of allylic oxidation sites excluding steroid dienone is 4. The van der Waals surface area contributed by atoms with Gasteiger partial charge in [0.05, 0.1) is 0 Å². The van der Waals surface area contributed by atoms with Crippen LogP contribution in [0.4, 0.5) is 0 Å². The Morgan fingerprint density at radius 1 is 1.33 bits per heavy atom. The monoisotopic (exact) mass is 279 g/mol. The molecule has 1 unspecified atom stereocenters. The molecule has 0 aromatic carbocycles. The molecule has 0 aromatic rings. The maximum absolute atomic E-state index is 3.32. The number of fused-ring (bicyclic) bond motifs is 1. The zero-order valence-electron chi connectivity index (χ0n) is 6.82. The molecule has 0 spiro atoms. The van der Waals surface area contributed by atoms with Gasteiger partial charge in [0.25, 0.3) is 0 Å². The summed E-state index contributed by atoms with van der Waals surface area (Å²) in [7, 11) is 0. The largest absolute Gasteiger partial charge is 3.00 e. The van der Waals surface area contributed by atoms with E-state index in [1.807, 2.05) is 0 Å². The van der Waals surface area contributed by atoms with E-state index in [-0.39, 0.29) is 51.0 Å². The molecule has 0 amide bonds. The molecule has 1 radical (unpaired) electrons. The van der Waals surface area contributed by atoms with Crippen LogP contribution in [0.3, 0.4) is 0 Å². The van der Waals surface area contributed by atoms with Gasteiger partial charge in [-0.2, -0.15) is 5.57 Å². The summed E-state index contributed by atoms with van der Waals surface area (Å²) >= 11 is 0. The minimum absolute atomic E-state index is 0. The quantitative estimate of drug-likeness (QED) is 0.404. The molecule has 1 saturated carbocycles. The van der Waals surface area contributed by atoms with Crippen molar-refractivity contribution >= 4 is 0 Å². The molecule has 3 heteroatoms. The summed E-state index contributed by atoms with van der Waals surface area (Å²) in [4.78, 5) is 0.